The Labute approximate surface area is 141 Å². The Hall–Kier alpha value is -2.93. The van der Waals surface area contributed by atoms with E-state index in [0.717, 1.165) is 12.1 Å². The Morgan fingerprint density at radius 2 is 2.00 bits per heavy atom. The van der Waals surface area contributed by atoms with Gasteiger partial charge in [0.2, 0.25) is 5.82 Å². The molecule has 0 unspecified atom stereocenters. The third kappa shape index (κ3) is 3.52. The number of hydrogen-bond acceptors (Lipinski definition) is 6. The molecule has 0 saturated heterocycles. The summed E-state index contributed by atoms with van der Waals surface area (Å²) in [5.74, 6) is -0.778. The largest absolute Gasteiger partial charge is 0.452 e. The Bertz CT molecular complexity index is 881. The van der Waals surface area contributed by atoms with E-state index < -0.39 is 11.8 Å². The zero-order chi connectivity index (χ0) is 17.1. The van der Waals surface area contributed by atoms with Crippen molar-refractivity contribution in [1.29, 1.82) is 0 Å². The van der Waals surface area contributed by atoms with Crippen LogP contribution in [0.25, 0.3) is 11.4 Å². The Morgan fingerprint density at radius 3 is 2.71 bits per heavy atom. The van der Waals surface area contributed by atoms with Gasteiger partial charge in [-0.3, -0.25) is 0 Å². The van der Waals surface area contributed by atoms with Gasteiger partial charge in [-0.1, -0.05) is 16.8 Å². The van der Waals surface area contributed by atoms with E-state index >= 15 is 0 Å². The van der Waals surface area contributed by atoms with Gasteiger partial charge in [-0.05, 0) is 42.5 Å². The van der Waals surface area contributed by atoms with Crippen LogP contribution in [0.3, 0.4) is 0 Å². The topological polar surface area (TPSA) is 91.2 Å². The molecule has 0 aliphatic rings. The number of benzene rings is 2. The van der Waals surface area contributed by atoms with Crippen LogP contribution in [-0.2, 0) is 11.3 Å². The normalized spacial score (nSPS) is 10.6. The summed E-state index contributed by atoms with van der Waals surface area (Å²) in [6, 6.07) is 10.3. The van der Waals surface area contributed by atoms with Crippen molar-refractivity contribution >= 4 is 23.3 Å². The minimum absolute atomic E-state index is 0.00705. The average Bonchev–Trinajstić information content (AvgIpc) is 3.02. The molecule has 0 aliphatic carbocycles. The van der Waals surface area contributed by atoms with Gasteiger partial charge in [0, 0.05) is 16.3 Å². The van der Waals surface area contributed by atoms with Gasteiger partial charge in [-0.25, -0.2) is 9.18 Å². The summed E-state index contributed by atoms with van der Waals surface area (Å²) in [6.07, 6.45) is 0. The highest BCUT2D eigenvalue weighted by Gasteiger charge is 2.15. The van der Waals surface area contributed by atoms with Crippen LogP contribution in [0.1, 0.15) is 16.2 Å². The lowest BCUT2D eigenvalue weighted by Gasteiger charge is -2.04. The van der Waals surface area contributed by atoms with Crippen molar-refractivity contribution in [3.05, 3.63) is 64.8 Å². The average molecular weight is 348 g/mol. The first-order valence-corrected chi connectivity index (χ1v) is 7.21. The SMILES string of the molecule is Nc1cc(F)ccc1C(=O)OCc1nc(-c2ccc(Cl)cc2)no1. The number of carbonyl (C=O) groups is 1. The molecule has 122 valence electrons. The molecule has 2 aromatic carbocycles. The molecule has 0 atom stereocenters. The molecular formula is C16H11ClFN3O3. The van der Waals surface area contributed by atoms with Crippen LogP contribution < -0.4 is 5.73 Å². The van der Waals surface area contributed by atoms with Crippen LogP contribution in [-0.4, -0.2) is 16.1 Å². The molecular weight excluding hydrogens is 337 g/mol. The van der Waals surface area contributed by atoms with Crippen molar-refractivity contribution in [2.45, 2.75) is 6.61 Å². The Balaban J connectivity index is 1.67. The van der Waals surface area contributed by atoms with Crippen LogP contribution in [0.5, 0.6) is 0 Å². The fraction of sp³-hybridized carbons (Fsp3) is 0.0625. The van der Waals surface area contributed by atoms with Gasteiger partial charge in [0.05, 0.1) is 5.56 Å². The third-order valence-corrected chi connectivity index (χ3v) is 3.38. The van der Waals surface area contributed by atoms with Gasteiger partial charge in [-0.2, -0.15) is 4.98 Å². The van der Waals surface area contributed by atoms with E-state index in [4.69, 9.17) is 26.6 Å². The number of aromatic nitrogens is 2. The number of halogens is 2. The fourth-order valence-corrected chi connectivity index (χ4v) is 2.08. The molecule has 6 nitrogen and oxygen atoms in total. The summed E-state index contributed by atoms with van der Waals surface area (Å²) in [7, 11) is 0. The summed E-state index contributed by atoms with van der Waals surface area (Å²) < 4.78 is 23.0. The van der Waals surface area contributed by atoms with E-state index in [-0.39, 0.29) is 23.7 Å². The van der Waals surface area contributed by atoms with E-state index in [1.54, 1.807) is 24.3 Å². The number of anilines is 1. The second-order valence-electron chi connectivity index (χ2n) is 4.83. The summed E-state index contributed by atoms with van der Waals surface area (Å²) in [4.78, 5) is 16.1. The molecule has 0 aliphatic heterocycles. The van der Waals surface area contributed by atoms with Crippen LogP contribution >= 0.6 is 11.6 Å². The molecule has 3 rings (SSSR count). The van der Waals surface area contributed by atoms with Gasteiger partial charge in [0.25, 0.3) is 5.89 Å². The van der Waals surface area contributed by atoms with Crippen LogP contribution in [0, 0.1) is 5.82 Å². The Morgan fingerprint density at radius 1 is 1.25 bits per heavy atom. The number of esters is 1. The number of hydrogen-bond donors (Lipinski definition) is 1. The van der Waals surface area contributed by atoms with Crippen molar-refractivity contribution in [3.63, 3.8) is 0 Å². The van der Waals surface area contributed by atoms with Gasteiger partial charge in [0.1, 0.15) is 5.82 Å². The molecule has 8 heteroatoms. The third-order valence-electron chi connectivity index (χ3n) is 3.13. The maximum atomic E-state index is 13.0. The molecule has 0 bridgehead atoms. The first-order valence-electron chi connectivity index (χ1n) is 6.83. The van der Waals surface area contributed by atoms with E-state index in [1.807, 2.05) is 0 Å². The first-order chi connectivity index (χ1) is 11.5. The second-order valence-corrected chi connectivity index (χ2v) is 5.26. The molecule has 24 heavy (non-hydrogen) atoms. The van der Waals surface area contributed by atoms with E-state index in [2.05, 4.69) is 10.1 Å². The molecule has 1 aromatic heterocycles. The molecule has 2 N–H and O–H groups in total. The monoisotopic (exact) mass is 347 g/mol. The van der Waals surface area contributed by atoms with Crippen LogP contribution in [0.4, 0.5) is 10.1 Å². The lowest BCUT2D eigenvalue weighted by atomic mass is 10.2. The minimum Gasteiger partial charge on any atom is -0.452 e. The van der Waals surface area contributed by atoms with E-state index in [9.17, 15) is 9.18 Å². The van der Waals surface area contributed by atoms with Crippen LogP contribution in [0.15, 0.2) is 47.0 Å². The highest BCUT2D eigenvalue weighted by Crippen LogP contribution is 2.19. The molecule has 0 radical (unpaired) electrons. The van der Waals surface area contributed by atoms with Crippen molar-refractivity contribution in [1.82, 2.24) is 10.1 Å². The van der Waals surface area contributed by atoms with Crippen molar-refractivity contribution in [2.75, 3.05) is 5.73 Å². The van der Waals surface area contributed by atoms with E-state index in [1.165, 1.54) is 6.07 Å². The number of carbonyl (C=O) groups excluding carboxylic acids is 1. The van der Waals surface area contributed by atoms with Crippen LogP contribution in [0.2, 0.25) is 5.02 Å². The summed E-state index contributed by atoms with van der Waals surface area (Å²) in [6.45, 7) is -0.226. The standard InChI is InChI=1S/C16H11ClFN3O3/c17-10-3-1-9(2-4-10)15-20-14(24-21-15)8-23-16(22)12-6-5-11(18)7-13(12)19/h1-7H,8,19H2. The highest BCUT2D eigenvalue weighted by atomic mass is 35.5. The number of nitrogens with two attached hydrogens (primary N) is 1. The number of nitrogen functional groups attached to an aromatic ring is 1. The van der Waals surface area contributed by atoms with Crippen molar-refractivity contribution in [2.24, 2.45) is 0 Å². The molecule has 0 fully saturated rings. The minimum atomic E-state index is -0.709. The quantitative estimate of drug-likeness (QED) is 0.574. The first kappa shape index (κ1) is 15.9. The smallest absolute Gasteiger partial charge is 0.340 e. The molecule has 1 heterocycles. The highest BCUT2D eigenvalue weighted by molar-refractivity contribution is 6.30. The fourth-order valence-electron chi connectivity index (χ4n) is 1.95. The number of ether oxygens (including phenoxy) is 1. The maximum Gasteiger partial charge on any atom is 0.340 e. The lowest BCUT2D eigenvalue weighted by molar-refractivity contribution is 0.0431. The number of nitrogens with zero attached hydrogens (tertiary/aromatic N) is 2. The summed E-state index contributed by atoms with van der Waals surface area (Å²) >= 11 is 5.81. The molecule has 3 aromatic rings. The maximum absolute atomic E-state index is 13.0. The van der Waals surface area contributed by atoms with Gasteiger partial charge >= 0.3 is 5.97 Å². The summed E-state index contributed by atoms with van der Waals surface area (Å²) in [5, 5.41) is 4.39. The predicted octanol–water partition coefficient (Wildman–Crippen LogP) is 3.47. The number of rotatable bonds is 4. The molecule has 0 saturated carbocycles. The van der Waals surface area contributed by atoms with Crippen molar-refractivity contribution in [3.8, 4) is 11.4 Å². The van der Waals surface area contributed by atoms with Gasteiger partial charge in [0.15, 0.2) is 6.61 Å². The zero-order valence-electron chi connectivity index (χ0n) is 12.2. The zero-order valence-corrected chi connectivity index (χ0v) is 13.0. The van der Waals surface area contributed by atoms with Gasteiger partial charge in [-0.15, -0.1) is 0 Å². The Kier molecular flexibility index (Phi) is 4.43. The predicted molar refractivity (Wildman–Crippen MR) is 84.7 cm³/mol. The van der Waals surface area contributed by atoms with Crippen molar-refractivity contribution < 1.29 is 18.4 Å². The molecule has 0 spiro atoms. The van der Waals surface area contributed by atoms with Gasteiger partial charge < -0.3 is 15.0 Å². The second kappa shape index (κ2) is 6.67. The lowest BCUT2D eigenvalue weighted by Crippen LogP contribution is -2.08. The summed E-state index contributed by atoms with van der Waals surface area (Å²) in [5.41, 5.74) is 6.35. The molecule has 0 amide bonds. The van der Waals surface area contributed by atoms with E-state index in [0.29, 0.717) is 16.4 Å².